The normalized spacial score (nSPS) is 23.4. The molecular weight excluding hydrogens is 280 g/mol. The predicted molar refractivity (Wildman–Crippen MR) is 87.6 cm³/mol. The molecule has 0 amide bonds. The van der Waals surface area contributed by atoms with Crippen LogP contribution in [-0.4, -0.2) is 35.2 Å². The van der Waals surface area contributed by atoms with E-state index < -0.39 is 0 Å². The molecule has 0 N–H and O–H groups in total. The van der Waals surface area contributed by atoms with Crippen molar-refractivity contribution < 1.29 is 4.74 Å². The van der Waals surface area contributed by atoms with Crippen LogP contribution in [0.25, 0.3) is 10.6 Å². The highest BCUT2D eigenvalue weighted by Gasteiger charge is 2.22. The van der Waals surface area contributed by atoms with Crippen molar-refractivity contribution in [1.29, 1.82) is 0 Å². The highest BCUT2D eigenvalue weighted by molar-refractivity contribution is 7.13. The lowest BCUT2D eigenvalue weighted by molar-refractivity contribution is -0.0707. The molecule has 2 aromatic rings. The van der Waals surface area contributed by atoms with Gasteiger partial charge in [0.2, 0.25) is 0 Å². The molecule has 0 bridgehead atoms. The summed E-state index contributed by atoms with van der Waals surface area (Å²) in [6.45, 7) is 9.29. The fourth-order valence-electron chi connectivity index (χ4n) is 2.93. The third-order valence-electron chi connectivity index (χ3n) is 3.70. The van der Waals surface area contributed by atoms with Crippen LogP contribution in [0.5, 0.6) is 0 Å². The van der Waals surface area contributed by atoms with Crippen LogP contribution in [0.4, 0.5) is 0 Å². The minimum atomic E-state index is 0.309. The van der Waals surface area contributed by atoms with E-state index in [9.17, 15) is 0 Å². The fourth-order valence-corrected chi connectivity index (χ4v) is 3.74. The van der Waals surface area contributed by atoms with Crippen molar-refractivity contribution in [3.63, 3.8) is 0 Å². The molecule has 1 aliphatic rings. The molecule has 0 radical (unpaired) electrons. The molecular formula is C17H22N2OS. The number of morpholine rings is 1. The first-order chi connectivity index (χ1) is 10.1. The van der Waals surface area contributed by atoms with Gasteiger partial charge < -0.3 is 4.74 Å². The lowest BCUT2D eigenvalue weighted by Gasteiger charge is -2.34. The van der Waals surface area contributed by atoms with E-state index in [4.69, 9.17) is 9.72 Å². The first-order valence-corrected chi connectivity index (χ1v) is 8.37. The van der Waals surface area contributed by atoms with Gasteiger partial charge in [0.1, 0.15) is 5.01 Å². The summed E-state index contributed by atoms with van der Waals surface area (Å²) < 4.78 is 5.78. The predicted octanol–water partition coefficient (Wildman–Crippen LogP) is 3.73. The molecule has 0 spiro atoms. The molecule has 0 aliphatic carbocycles. The number of benzene rings is 1. The van der Waals surface area contributed by atoms with Crippen LogP contribution >= 0.6 is 11.3 Å². The van der Waals surface area contributed by atoms with Gasteiger partial charge in [-0.2, -0.15) is 0 Å². The molecule has 21 heavy (non-hydrogen) atoms. The van der Waals surface area contributed by atoms with Gasteiger partial charge >= 0.3 is 0 Å². The van der Waals surface area contributed by atoms with Crippen LogP contribution in [0.1, 0.15) is 25.1 Å². The van der Waals surface area contributed by atoms with Crippen molar-refractivity contribution in [2.24, 2.45) is 0 Å². The van der Waals surface area contributed by atoms with Gasteiger partial charge in [0.15, 0.2) is 0 Å². The Labute approximate surface area is 130 Å². The van der Waals surface area contributed by atoms with Gasteiger partial charge in [-0.3, -0.25) is 4.90 Å². The van der Waals surface area contributed by atoms with Crippen molar-refractivity contribution in [2.45, 2.75) is 39.5 Å². The molecule has 1 aromatic carbocycles. The Bertz CT molecular complexity index is 600. The van der Waals surface area contributed by atoms with E-state index in [1.807, 2.05) is 0 Å². The summed E-state index contributed by atoms with van der Waals surface area (Å²) in [5.41, 5.74) is 3.66. The molecule has 112 valence electrons. The Morgan fingerprint density at radius 2 is 2.05 bits per heavy atom. The Kier molecular flexibility index (Phi) is 4.38. The molecule has 2 unspecified atom stereocenters. The quantitative estimate of drug-likeness (QED) is 0.864. The standard InChI is InChI=1S/C17H22N2OS/c1-12-5-4-6-15(7-12)17-18-16(11-21-17)10-19-8-13(2)20-14(3)9-19/h4-7,11,13-14H,8-10H2,1-3H3. The summed E-state index contributed by atoms with van der Waals surface area (Å²) in [6.07, 6.45) is 0.618. The third kappa shape index (κ3) is 3.70. The van der Waals surface area contributed by atoms with Gasteiger partial charge in [-0.05, 0) is 26.8 Å². The van der Waals surface area contributed by atoms with Crippen molar-refractivity contribution in [3.8, 4) is 10.6 Å². The summed E-state index contributed by atoms with van der Waals surface area (Å²) >= 11 is 1.73. The van der Waals surface area contributed by atoms with Crippen LogP contribution in [0, 0.1) is 6.92 Å². The smallest absolute Gasteiger partial charge is 0.123 e. The van der Waals surface area contributed by atoms with Crippen molar-refractivity contribution >= 4 is 11.3 Å². The number of hydrogen-bond donors (Lipinski definition) is 0. The molecule has 3 nitrogen and oxygen atoms in total. The minimum absolute atomic E-state index is 0.309. The number of thiazole rings is 1. The number of ether oxygens (including phenoxy) is 1. The van der Waals surface area contributed by atoms with E-state index in [1.165, 1.54) is 11.1 Å². The second kappa shape index (κ2) is 6.26. The molecule has 1 saturated heterocycles. The second-order valence-electron chi connectivity index (χ2n) is 5.96. The number of hydrogen-bond acceptors (Lipinski definition) is 4. The van der Waals surface area contributed by atoms with Gasteiger partial charge in [-0.25, -0.2) is 4.98 Å². The first kappa shape index (κ1) is 14.7. The minimum Gasteiger partial charge on any atom is -0.373 e. The summed E-state index contributed by atoms with van der Waals surface area (Å²) in [4.78, 5) is 7.24. The Morgan fingerprint density at radius 1 is 1.29 bits per heavy atom. The van der Waals surface area contributed by atoms with Crippen LogP contribution in [-0.2, 0) is 11.3 Å². The summed E-state index contributed by atoms with van der Waals surface area (Å²) in [7, 11) is 0. The Balaban J connectivity index is 1.70. The zero-order valence-electron chi connectivity index (χ0n) is 12.9. The molecule has 1 aliphatic heterocycles. The van der Waals surface area contributed by atoms with Crippen LogP contribution in [0.3, 0.4) is 0 Å². The maximum Gasteiger partial charge on any atom is 0.123 e. The summed E-state index contributed by atoms with van der Waals surface area (Å²) in [5.74, 6) is 0. The second-order valence-corrected chi connectivity index (χ2v) is 6.82. The SMILES string of the molecule is Cc1cccc(-c2nc(CN3CC(C)OC(C)C3)cs2)c1. The van der Waals surface area contributed by atoms with Crippen LogP contribution < -0.4 is 0 Å². The van der Waals surface area contributed by atoms with E-state index in [2.05, 4.69) is 55.3 Å². The van der Waals surface area contributed by atoms with Crippen LogP contribution in [0.2, 0.25) is 0 Å². The molecule has 2 atom stereocenters. The maximum atomic E-state index is 5.78. The maximum absolute atomic E-state index is 5.78. The lowest BCUT2D eigenvalue weighted by atomic mass is 10.1. The summed E-state index contributed by atoms with van der Waals surface area (Å²) in [6, 6.07) is 8.54. The highest BCUT2D eigenvalue weighted by Crippen LogP contribution is 2.25. The lowest BCUT2D eigenvalue weighted by Crippen LogP contribution is -2.44. The van der Waals surface area contributed by atoms with Gasteiger partial charge in [-0.1, -0.05) is 23.8 Å². The number of aryl methyl sites for hydroxylation is 1. The van der Waals surface area contributed by atoms with E-state index in [1.54, 1.807) is 11.3 Å². The molecule has 0 saturated carbocycles. The molecule has 4 heteroatoms. The van der Waals surface area contributed by atoms with Crippen molar-refractivity contribution in [2.75, 3.05) is 13.1 Å². The van der Waals surface area contributed by atoms with Crippen molar-refractivity contribution in [1.82, 2.24) is 9.88 Å². The average molecular weight is 302 g/mol. The van der Waals surface area contributed by atoms with E-state index >= 15 is 0 Å². The van der Waals surface area contributed by atoms with E-state index in [-0.39, 0.29) is 0 Å². The number of rotatable bonds is 3. The zero-order chi connectivity index (χ0) is 14.8. The molecule has 2 heterocycles. The molecule has 1 fully saturated rings. The van der Waals surface area contributed by atoms with Crippen LogP contribution in [0.15, 0.2) is 29.6 Å². The van der Waals surface area contributed by atoms with E-state index in [0.29, 0.717) is 12.2 Å². The third-order valence-corrected chi connectivity index (χ3v) is 4.64. The monoisotopic (exact) mass is 302 g/mol. The highest BCUT2D eigenvalue weighted by atomic mass is 32.1. The number of aromatic nitrogens is 1. The Morgan fingerprint density at radius 3 is 2.76 bits per heavy atom. The first-order valence-electron chi connectivity index (χ1n) is 7.49. The fraction of sp³-hybridized carbons (Fsp3) is 0.471. The molecule has 1 aromatic heterocycles. The largest absolute Gasteiger partial charge is 0.373 e. The van der Waals surface area contributed by atoms with Gasteiger partial charge in [0.25, 0.3) is 0 Å². The Hall–Kier alpha value is -1.23. The summed E-state index contributed by atoms with van der Waals surface area (Å²) in [5, 5.41) is 3.30. The van der Waals surface area contributed by atoms with Crippen molar-refractivity contribution in [3.05, 3.63) is 40.9 Å². The van der Waals surface area contributed by atoms with Gasteiger partial charge in [-0.15, -0.1) is 11.3 Å². The zero-order valence-corrected chi connectivity index (χ0v) is 13.7. The van der Waals surface area contributed by atoms with E-state index in [0.717, 1.165) is 30.3 Å². The topological polar surface area (TPSA) is 25.4 Å². The van der Waals surface area contributed by atoms with Gasteiger partial charge in [0.05, 0.1) is 17.9 Å². The molecule has 3 rings (SSSR count). The average Bonchev–Trinajstić information content (AvgIpc) is 2.86. The number of nitrogens with zero attached hydrogens (tertiary/aromatic N) is 2. The van der Waals surface area contributed by atoms with Gasteiger partial charge in [0, 0.05) is 30.6 Å².